The molecule has 0 aromatic heterocycles. The van der Waals surface area contributed by atoms with Crippen LogP contribution in [0.2, 0.25) is 0 Å². The molecule has 20 heavy (non-hydrogen) atoms. The van der Waals surface area contributed by atoms with Crippen LogP contribution >= 0.6 is 0 Å². The van der Waals surface area contributed by atoms with E-state index in [1.54, 1.807) is 18.0 Å². The summed E-state index contributed by atoms with van der Waals surface area (Å²) < 4.78 is 18.8. The standard InChI is InChI=1S/C15H23FN2O2/c1-4-13(17)9-11-8-12(16)6-7-14(11)20-10-15(19)18(3)5-2/h6-8,13H,4-5,9-10,17H2,1-3H3. The van der Waals surface area contributed by atoms with Crippen LogP contribution in [0, 0.1) is 5.82 Å². The van der Waals surface area contributed by atoms with E-state index in [-0.39, 0.29) is 24.4 Å². The second-order valence-corrected chi connectivity index (χ2v) is 4.82. The van der Waals surface area contributed by atoms with Gasteiger partial charge in [0, 0.05) is 19.6 Å². The van der Waals surface area contributed by atoms with E-state index in [2.05, 4.69) is 0 Å². The summed E-state index contributed by atoms with van der Waals surface area (Å²) in [5.74, 6) is 0.0865. The maximum Gasteiger partial charge on any atom is 0.260 e. The van der Waals surface area contributed by atoms with Crippen molar-refractivity contribution in [2.75, 3.05) is 20.2 Å². The van der Waals surface area contributed by atoms with Gasteiger partial charge in [0.2, 0.25) is 0 Å². The van der Waals surface area contributed by atoms with Crippen LogP contribution in [-0.4, -0.2) is 37.0 Å². The van der Waals surface area contributed by atoms with E-state index in [9.17, 15) is 9.18 Å². The molecule has 112 valence electrons. The van der Waals surface area contributed by atoms with E-state index in [0.717, 1.165) is 6.42 Å². The lowest BCUT2D eigenvalue weighted by molar-refractivity contribution is -0.131. The minimum Gasteiger partial charge on any atom is -0.483 e. The van der Waals surface area contributed by atoms with Gasteiger partial charge in [0.05, 0.1) is 0 Å². The van der Waals surface area contributed by atoms with E-state index in [0.29, 0.717) is 24.3 Å². The number of rotatable bonds is 7. The summed E-state index contributed by atoms with van der Waals surface area (Å²) in [5.41, 5.74) is 6.60. The van der Waals surface area contributed by atoms with Crippen LogP contribution in [0.4, 0.5) is 4.39 Å². The predicted molar refractivity (Wildman–Crippen MR) is 77.2 cm³/mol. The van der Waals surface area contributed by atoms with Gasteiger partial charge >= 0.3 is 0 Å². The number of hydrogen-bond acceptors (Lipinski definition) is 3. The Morgan fingerprint density at radius 3 is 2.75 bits per heavy atom. The number of amides is 1. The Balaban J connectivity index is 2.76. The fourth-order valence-corrected chi connectivity index (χ4v) is 1.70. The van der Waals surface area contributed by atoms with Gasteiger partial charge in [-0.2, -0.15) is 0 Å². The van der Waals surface area contributed by atoms with E-state index in [1.807, 2.05) is 13.8 Å². The third-order valence-corrected chi connectivity index (χ3v) is 3.28. The van der Waals surface area contributed by atoms with E-state index in [4.69, 9.17) is 10.5 Å². The topological polar surface area (TPSA) is 55.6 Å². The maximum atomic E-state index is 13.3. The SMILES string of the molecule is CCC(N)Cc1cc(F)ccc1OCC(=O)N(C)CC. The zero-order valence-corrected chi connectivity index (χ0v) is 12.4. The molecule has 0 saturated heterocycles. The molecule has 0 aliphatic heterocycles. The van der Waals surface area contributed by atoms with Gasteiger partial charge in [0.15, 0.2) is 6.61 Å². The molecule has 0 spiro atoms. The van der Waals surface area contributed by atoms with Crippen molar-refractivity contribution in [1.29, 1.82) is 0 Å². The number of benzene rings is 1. The molecule has 0 fully saturated rings. The fourth-order valence-electron chi connectivity index (χ4n) is 1.70. The molecule has 0 aliphatic carbocycles. The first-order chi connectivity index (χ1) is 9.47. The Morgan fingerprint density at radius 1 is 1.45 bits per heavy atom. The molecule has 1 aromatic carbocycles. The third-order valence-electron chi connectivity index (χ3n) is 3.28. The van der Waals surface area contributed by atoms with Crippen molar-refractivity contribution >= 4 is 5.91 Å². The first-order valence-electron chi connectivity index (χ1n) is 6.88. The molecule has 1 rings (SSSR count). The lowest BCUT2D eigenvalue weighted by Crippen LogP contribution is -2.31. The molecular weight excluding hydrogens is 259 g/mol. The van der Waals surface area contributed by atoms with Gasteiger partial charge in [-0.3, -0.25) is 4.79 Å². The minimum atomic E-state index is -0.326. The Hall–Kier alpha value is -1.62. The van der Waals surface area contributed by atoms with Gasteiger partial charge in [0.1, 0.15) is 11.6 Å². The largest absolute Gasteiger partial charge is 0.483 e. The molecule has 1 aromatic rings. The second-order valence-electron chi connectivity index (χ2n) is 4.82. The molecule has 1 amide bonds. The van der Waals surface area contributed by atoms with Crippen molar-refractivity contribution in [3.8, 4) is 5.75 Å². The Labute approximate surface area is 119 Å². The van der Waals surface area contributed by atoms with Crippen LogP contribution in [0.5, 0.6) is 5.75 Å². The van der Waals surface area contributed by atoms with Crippen molar-refractivity contribution in [2.45, 2.75) is 32.7 Å². The number of nitrogens with two attached hydrogens (primary N) is 1. The Kier molecular flexibility index (Phi) is 6.45. The van der Waals surface area contributed by atoms with Crippen molar-refractivity contribution in [1.82, 2.24) is 4.90 Å². The van der Waals surface area contributed by atoms with Crippen molar-refractivity contribution in [2.24, 2.45) is 5.73 Å². The minimum absolute atomic E-state index is 0.0480. The summed E-state index contributed by atoms with van der Waals surface area (Å²) in [5, 5.41) is 0. The number of hydrogen-bond donors (Lipinski definition) is 1. The summed E-state index contributed by atoms with van der Waals surface area (Å²) in [6.45, 7) is 4.44. The van der Waals surface area contributed by atoms with Crippen LogP contribution < -0.4 is 10.5 Å². The zero-order valence-electron chi connectivity index (χ0n) is 12.4. The highest BCUT2D eigenvalue weighted by Gasteiger charge is 2.12. The molecule has 0 saturated carbocycles. The number of ether oxygens (including phenoxy) is 1. The van der Waals surface area contributed by atoms with Gasteiger partial charge in [-0.25, -0.2) is 4.39 Å². The van der Waals surface area contributed by atoms with Crippen molar-refractivity contribution < 1.29 is 13.9 Å². The number of halogens is 1. The van der Waals surface area contributed by atoms with Crippen molar-refractivity contribution in [3.05, 3.63) is 29.6 Å². The van der Waals surface area contributed by atoms with Crippen LogP contribution in [0.3, 0.4) is 0 Å². The van der Waals surface area contributed by atoms with E-state index >= 15 is 0 Å². The molecular formula is C15H23FN2O2. The molecule has 5 heteroatoms. The van der Waals surface area contributed by atoms with Gasteiger partial charge in [-0.1, -0.05) is 6.92 Å². The average molecular weight is 282 g/mol. The second kappa shape index (κ2) is 7.85. The van der Waals surface area contributed by atoms with Crippen LogP contribution in [0.25, 0.3) is 0 Å². The molecule has 1 atom stereocenters. The smallest absolute Gasteiger partial charge is 0.260 e. The first-order valence-corrected chi connectivity index (χ1v) is 6.88. The molecule has 2 N–H and O–H groups in total. The lowest BCUT2D eigenvalue weighted by Gasteiger charge is -2.17. The highest BCUT2D eigenvalue weighted by Crippen LogP contribution is 2.21. The molecule has 0 bridgehead atoms. The number of carbonyl (C=O) groups is 1. The van der Waals surface area contributed by atoms with Crippen molar-refractivity contribution in [3.63, 3.8) is 0 Å². The highest BCUT2D eigenvalue weighted by molar-refractivity contribution is 5.77. The summed E-state index contributed by atoms with van der Waals surface area (Å²) in [7, 11) is 1.71. The maximum absolute atomic E-state index is 13.3. The van der Waals surface area contributed by atoms with E-state index in [1.165, 1.54) is 12.1 Å². The normalized spacial score (nSPS) is 12.1. The average Bonchev–Trinajstić information content (AvgIpc) is 2.44. The van der Waals surface area contributed by atoms with E-state index < -0.39 is 0 Å². The number of nitrogens with zero attached hydrogens (tertiary/aromatic N) is 1. The fraction of sp³-hybridized carbons (Fsp3) is 0.533. The molecule has 0 radical (unpaired) electrons. The van der Waals surface area contributed by atoms with Crippen LogP contribution in [-0.2, 0) is 11.2 Å². The van der Waals surface area contributed by atoms with Gasteiger partial charge < -0.3 is 15.4 Å². The Morgan fingerprint density at radius 2 is 2.15 bits per heavy atom. The van der Waals surface area contributed by atoms with Gasteiger partial charge in [-0.05, 0) is 43.5 Å². The van der Waals surface area contributed by atoms with Crippen LogP contribution in [0.15, 0.2) is 18.2 Å². The third kappa shape index (κ3) is 4.81. The molecule has 0 aliphatic rings. The summed E-state index contributed by atoms with van der Waals surface area (Å²) >= 11 is 0. The highest BCUT2D eigenvalue weighted by atomic mass is 19.1. The summed E-state index contributed by atoms with van der Waals surface area (Å²) in [4.78, 5) is 13.3. The van der Waals surface area contributed by atoms with Gasteiger partial charge in [0.25, 0.3) is 5.91 Å². The summed E-state index contributed by atoms with van der Waals surface area (Å²) in [6.07, 6.45) is 1.33. The first kappa shape index (κ1) is 16.4. The lowest BCUT2D eigenvalue weighted by atomic mass is 10.0. The Bertz CT molecular complexity index is 451. The number of carbonyl (C=O) groups excluding carboxylic acids is 1. The quantitative estimate of drug-likeness (QED) is 0.832. The van der Waals surface area contributed by atoms with Crippen LogP contribution in [0.1, 0.15) is 25.8 Å². The number of likely N-dealkylation sites (N-methyl/N-ethyl adjacent to an activating group) is 1. The molecule has 4 nitrogen and oxygen atoms in total. The molecule has 0 heterocycles. The predicted octanol–water partition coefficient (Wildman–Crippen LogP) is 1.96. The zero-order chi connectivity index (χ0) is 15.1. The monoisotopic (exact) mass is 282 g/mol. The van der Waals surface area contributed by atoms with Gasteiger partial charge in [-0.15, -0.1) is 0 Å². The molecule has 1 unspecified atom stereocenters. The summed E-state index contributed by atoms with van der Waals surface area (Å²) in [6, 6.07) is 4.24.